The van der Waals surface area contributed by atoms with E-state index in [9.17, 15) is 8.42 Å². The van der Waals surface area contributed by atoms with Crippen molar-refractivity contribution in [3.63, 3.8) is 0 Å². The summed E-state index contributed by atoms with van der Waals surface area (Å²) in [6.07, 6.45) is 0. The maximum Gasteiger partial charge on any atom is 0.294 e. The molecule has 0 heterocycles. The Hall–Kier alpha value is -1.22. The number of hydrogen-bond acceptors (Lipinski definition) is 2. The van der Waals surface area contributed by atoms with Crippen LogP contribution in [0.5, 0.6) is 0 Å². The van der Waals surface area contributed by atoms with Crippen LogP contribution in [0.1, 0.15) is 0 Å². The second kappa shape index (κ2) is 4.57. The van der Waals surface area contributed by atoms with Gasteiger partial charge < -0.3 is 0 Å². The largest absolute Gasteiger partial charge is 0.294 e. The van der Waals surface area contributed by atoms with E-state index >= 15 is 0 Å². The van der Waals surface area contributed by atoms with Crippen LogP contribution < -0.4 is 5.30 Å². The first kappa shape index (κ1) is 12.2. The number of hydrogen-bond donors (Lipinski definition) is 1. The topological polar surface area (TPSA) is 54.4 Å². The minimum absolute atomic E-state index is 0.0934. The van der Waals surface area contributed by atoms with Crippen molar-refractivity contribution in [3.8, 4) is 11.1 Å². The SMILES string of the molecule is O=S(=O)(O)c1cccc(-c2cccc(P)c2)c1. The van der Waals surface area contributed by atoms with Crippen LogP contribution in [0.2, 0.25) is 0 Å². The lowest BCUT2D eigenvalue weighted by molar-refractivity contribution is 0.483. The molecule has 0 spiro atoms. The second-order valence-corrected chi connectivity index (χ2v) is 5.72. The first-order chi connectivity index (χ1) is 7.97. The van der Waals surface area contributed by atoms with Crippen molar-refractivity contribution in [2.75, 3.05) is 0 Å². The van der Waals surface area contributed by atoms with Gasteiger partial charge in [0.05, 0.1) is 4.90 Å². The molecular weight excluding hydrogens is 255 g/mol. The summed E-state index contributed by atoms with van der Waals surface area (Å²) >= 11 is 0. The highest BCUT2D eigenvalue weighted by molar-refractivity contribution is 7.85. The van der Waals surface area contributed by atoms with Gasteiger partial charge in [-0.1, -0.05) is 30.3 Å². The molecule has 0 fully saturated rings. The minimum atomic E-state index is -4.15. The van der Waals surface area contributed by atoms with Gasteiger partial charge in [0.2, 0.25) is 0 Å². The molecule has 1 unspecified atom stereocenters. The Morgan fingerprint density at radius 1 is 0.941 bits per heavy atom. The van der Waals surface area contributed by atoms with Gasteiger partial charge in [-0.15, -0.1) is 9.24 Å². The van der Waals surface area contributed by atoms with Gasteiger partial charge in [0.15, 0.2) is 0 Å². The fourth-order valence-corrected chi connectivity index (χ4v) is 2.37. The van der Waals surface area contributed by atoms with Crippen LogP contribution in [0, 0.1) is 0 Å². The van der Waals surface area contributed by atoms with Gasteiger partial charge in [0.25, 0.3) is 10.1 Å². The average molecular weight is 266 g/mol. The third-order valence-corrected chi connectivity index (χ3v) is 3.56. The number of rotatable bonds is 2. The Balaban J connectivity index is 2.54. The molecule has 3 nitrogen and oxygen atoms in total. The van der Waals surface area contributed by atoms with Crippen LogP contribution in [0.15, 0.2) is 53.4 Å². The highest BCUT2D eigenvalue weighted by Gasteiger charge is 2.10. The predicted molar refractivity (Wildman–Crippen MR) is 71.0 cm³/mol. The summed E-state index contributed by atoms with van der Waals surface area (Å²) in [6, 6.07) is 13.9. The monoisotopic (exact) mass is 266 g/mol. The molecular formula is C12H11O3PS. The fourth-order valence-electron chi connectivity index (χ4n) is 1.55. The minimum Gasteiger partial charge on any atom is -0.282 e. The van der Waals surface area contributed by atoms with Crippen molar-refractivity contribution >= 4 is 24.7 Å². The van der Waals surface area contributed by atoms with E-state index in [1.54, 1.807) is 12.1 Å². The Kier molecular flexibility index (Phi) is 3.29. The van der Waals surface area contributed by atoms with Crippen LogP contribution in [0.4, 0.5) is 0 Å². The van der Waals surface area contributed by atoms with Gasteiger partial charge in [-0.3, -0.25) is 4.55 Å². The molecule has 1 N–H and O–H groups in total. The molecule has 2 rings (SSSR count). The Labute approximate surface area is 102 Å². The summed E-state index contributed by atoms with van der Waals surface area (Å²) in [5, 5.41) is 1.01. The van der Waals surface area contributed by atoms with Gasteiger partial charge >= 0.3 is 0 Å². The molecule has 17 heavy (non-hydrogen) atoms. The van der Waals surface area contributed by atoms with Gasteiger partial charge in [0, 0.05) is 0 Å². The van der Waals surface area contributed by atoms with E-state index in [0.29, 0.717) is 0 Å². The normalized spacial score (nSPS) is 11.4. The van der Waals surface area contributed by atoms with E-state index in [2.05, 4.69) is 9.24 Å². The van der Waals surface area contributed by atoms with E-state index in [1.807, 2.05) is 24.3 Å². The second-order valence-electron chi connectivity index (χ2n) is 3.63. The molecule has 0 aliphatic rings. The Bertz CT molecular complexity index is 650. The van der Waals surface area contributed by atoms with Crippen LogP contribution in [0.25, 0.3) is 11.1 Å². The van der Waals surface area contributed by atoms with E-state index in [1.165, 1.54) is 12.1 Å². The number of benzene rings is 2. The molecule has 2 aromatic carbocycles. The van der Waals surface area contributed by atoms with E-state index in [0.717, 1.165) is 16.4 Å². The van der Waals surface area contributed by atoms with Crippen LogP contribution in [0.3, 0.4) is 0 Å². The molecule has 0 saturated carbocycles. The average Bonchev–Trinajstić information content (AvgIpc) is 2.28. The van der Waals surface area contributed by atoms with Crippen molar-refractivity contribution < 1.29 is 13.0 Å². The van der Waals surface area contributed by atoms with Crippen LogP contribution in [-0.4, -0.2) is 13.0 Å². The summed E-state index contributed by atoms with van der Waals surface area (Å²) < 4.78 is 31.1. The fraction of sp³-hybridized carbons (Fsp3) is 0. The smallest absolute Gasteiger partial charge is 0.282 e. The predicted octanol–water partition coefficient (Wildman–Crippen LogP) is 2.10. The molecule has 0 saturated heterocycles. The Morgan fingerprint density at radius 3 is 2.12 bits per heavy atom. The van der Waals surface area contributed by atoms with E-state index < -0.39 is 10.1 Å². The van der Waals surface area contributed by atoms with Gasteiger partial charge in [0.1, 0.15) is 0 Å². The molecule has 88 valence electrons. The zero-order chi connectivity index (χ0) is 12.5. The molecule has 0 aromatic heterocycles. The lowest BCUT2D eigenvalue weighted by Crippen LogP contribution is -1.98. The standard InChI is InChI=1S/C12H11O3PS/c13-17(14,15)12-6-2-4-10(8-12)9-3-1-5-11(16)7-9/h1-8H,16H2,(H,13,14,15). The zero-order valence-corrected chi connectivity index (χ0v) is 10.8. The first-order valence-corrected chi connectivity index (χ1v) is 6.92. The van der Waals surface area contributed by atoms with E-state index in [4.69, 9.17) is 4.55 Å². The molecule has 0 radical (unpaired) electrons. The van der Waals surface area contributed by atoms with Crippen molar-refractivity contribution in [1.29, 1.82) is 0 Å². The maximum absolute atomic E-state index is 11.0. The summed E-state index contributed by atoms with van der Waals surface area (Å²) in [5.74, 6) is 0. The highest BCUT2D eigenvalue weighted by atomic mass is 32.2. The Morgan fingerprint density at radius 2 is 1.53 bits per heavy atom. The van der Waals surface area contributed by atoms with Gasteiger partial charge in [-0.2, -0.15) is 8.42 Å². The molecule has 5 heteroatoms. The van der Waals surface area contributed by atoms with Gasteiger partial charge in [-0.05, 0) is 34.6 Å². The molecule has 0 aliphatic heterocycles. The van der Waals surface area contributed by atoms with Crippen molar-refractivity contribution in [2.45, 2.75) is 4.90 Å². The molecule has 0 amide bonds. The zero-order valence-electron chi connectivity index (χ0n) is 8.87. The summed E-state index contributed by atoms with van der Waals surface area (Å²) in [4.78, 5) is -0.0934. The third kappa shape index (κ3) is 2.91. The van der Waals surface area contributed by atoms with Crippen molar-refractivity contribution in [2.24, 2.45) is 0 Å². The maximum atomic E-state index is 11.0. The molecule has 1 atom stereocenters. The van der Waals surface area contributed by atoms with Crippen molar-refractivity contribution in [1.82, 2.24) is 0 Å². The lowest BCUT2D eigenvalue weighted by atomic mass is 10.1. The lowest BCUT2D eigenvalue weighted by Gasteiger charge is -2.04. The summed E-state index contributed by atoms with van der Waals surface area (Å²) in [6.45, 7) is 0. The summed E-state index contributed by atoms with van der Waals surface area (Å²) in [7, 11) is -1.57. The molecule has 2 aromatic rings. The molecule has 0 bridgehead atoms. The van der Waals surface area contributed by atoms with E-state index in [-0.39, 0.29) is 4.90 Å². The quantitative estimate of drug-likeness (QED) is 0.669. The highest BCUT2D eigenvalue weighted by Crippen LogP contribution is 2.21. The van der Waals surface area contributed by atoms with Gasteiger partial charge in [-0.25, -0.2) is 0 Å². The summed E-state index contributed by atoms with van der Waals surface area (Å²) in [5.41, 5.74) is 1.66. The third-order valence-electron chi connectivity index (χ3n) is 2.35. The van der Waals surface area contributed by atoms with Crippen LogP contribution in [-0.2, 0) is 10.1 Å². The molecule has 0 aliphatic carbocycles. The van der Waals surface area contributed by atoms with Crippen molar-refractivity contribution in [3.05, 3.63) is 48.5 Å². The van der Waals surface area contributed by atoms with Crippen LogP contribution >= 0.6 is 9.24 Å². The first-order valence-electron chi connectivity index (χ1n) is 4.90.